The topological polar surface area (TPSA) is 66.1 Å². The maximum atomic E-state index is 12.4. The van der Waals surface area contributed by atoms with Crippen molar-refractivity contribution in [3.63, 3.8) is 0 Å². The smallest absolute Gasteiger partial charge is 0.261 e. The molecule has 0 aliphatic rings. The van der Waals surface area contributed by atoms with E-state index in [0.29, 0.717) is 26.7 Å². The second-order valence-corrected chi connectivity index (χ2v) is 6.51. The van der Waals surface area contributed by atoms with E-state index < -0.39 is 5.91 Å². The molecule has 2 N–H and O–H groups in total. The van der Waals surface area contributed by atoms with Crippen LogP contribution in [-0.4, -0.2) is 5.91 Å². The van der Waals surface area contributed by atoms with E-state index in [2.05, 4.69) is 21.2 Å². The van der Waals surface area contributed by atoms with Gasteiger partial charge in [0.05, 0.1) is 10.7 Å². The van der Waals surface area contributed by atoms with Gasteiger partial charge in [0.15, 0.2) is 0 Å². The fraction of sp³-hybridized carbons (Fsp3) is 0. The first-order valence-electron chi connectivity index (χ1n) is 6.48. The molecule has 3 aromatic rings. The molecule has 0 atom stereocenters. The first-order valence-corrected chi connectivity index (χ1v) is 8.03. The summed E-state index contributed by atoms with van der Waals surface area (Å²) in [7, 11) is 0. The van der Waals surface area contributed by atoms with Crippen LogP contribution in [0.5, 0.6) is 0 Å². The Kier molecular flexibility index (Phi) is 4.43. The van der Waals surface area contributed by atoms with Gasteiger partial charge in [-0.25, -0.2) is 0 Å². The van der Waals surface area contributed by atoms with Gasteiger partial charge in [-0.05, 0) is 42.5 Å². The van der Waals surface area contributed by atoms with E-state index >= 15 is 0 Å². The van der Waals surface area contributed by atoms with Crippen LogP contribution in [0.1, 0.15) is 10.4 Å². The molecule has 0 saturated heterocycles. The largest absolute Gasteiger partial charge is 0.438 e. The molecule has 1 heterocycles. The van der Waals surface area contributed by atoms with Gasteiger partial charge >= 0.3 is 0 Å². The number of benzene rings is 2. The summed E-state index contributed by atoms with van der Waals surface area (Å²) in [6.07, 6.45) is 0. The van der Waals surface area contributed by atoms with Crippen molar-refractivity contribution in [1.29, 1.82) is 5.41 Å². The summed E-state index contributed by atoms with van der Waals surface area (Å²) >= 11 is 15.2. The van der Waals surface area contributed by atoms with Gasteiger partial charge in [-0.1, -0.05) is 39.1 Å². The third-order valence-electron chi connectivity index (χ3n) is 3.15. The van der Waals surface area contributed by atoms with Crippen LogP contribution in [0.3, 0.4) is 0 Å². The number of amides is 1. The second kappa shape index (κ2) is 6.35. The number of carbonyl (C=O) groups is 1. The molecule has 0 radical (unpaired) electrons. The predicted octanol–water partition coefficient (Wildman–Crippen LogP) is 5.23. The standard InChI is InChI=1S/C16H9BrCl2N2O2/c17-9-1-4-14-8(5-9)6-11(15(20)23-14)16(22)21-13-3-2-10(18)7-12(13)19/h1-7,20H,(H,21,22). The number of halogens is 3. The summed E-state index contributed by atoms with van der Waals surface area (Å²) in [5.74, 6) is -0.482. The molecule has 0 bridgehead atoms. The molecule has 3 rings (SSSR count). The van der Waals surface area contributed by atoms with Crippen molar-refractivity contribution < 1.29 is 9.21 Å². The van der Waals surface area contributed by atoms with Crippen LogP contribution in [0.4, 0.5) is 5.69 Å². The Morgan fingerprint density at radius 3 is 2.65 bits per heavy atom. The van der Waals surface area contributed by atoms with Crippen LogP contribution in [0.25, 0.3) is 11.0 Å². The zero-order valence-corrected chi connectivity index (χ0v) is 14.6. The molecular formula is C16H9BrCl2N2O2. The minimum absolute atomic E-state index is 0.113. The lowest BCUT2D eigenvalue weighted by Crippen LogP contribution is -2.21. The summed E-state index contributed by atoms with van der Waals surface area (Å²) in [6.45, 7) is 0. The first kappa shape index (κ1) is 16.1. The molecule has 0 fully saturated rings. The monoisotopic (exact) mass is 410 g/mol. The lowest BCUT2D eigenvalue weighted by atomic mass is 10.1. The highest BCUT2D eigenvalue weighted by Gasteiger charge is 2.13. The number of hydrogen-bond acceptors (Lipinski definition) is 3. The number of fused-ring (bicyclic) bond motifs is 1. The molecule has 116 valence electrons. The van der Waals surface area contributed by atoms with Gasteiger partial charge in [0.2, 0.25) is 5.55 Å². The zero-order valence-electron chi connectivity index (χ0n) is 11.5. The van der Waals surface area contributed by atoms with Crippen molar-refractivity contribution in [1.82, 2.24) is 0 Å². The Balaban J connectivity index is 2.00. The third kappa shape index (κ3) is 3.42. The van der Waals surface area contributed by atoms with Gasteiger partial charge in [0, 0.05) is 14.9 Å². The molecule has 2 aromatic carbocycles. The van der Waals surface area contributed by atoms with E-state index in [0.717, 1.165) is 4.47 Å². The summed E-state index contributed by atoms with van der Waals surface area (Å²) in [5, 5.41) is 12.1. The van der Waals surface area contributed by atoms with Gasteiger partial charge in [0.25, 0.3) is 5.91 Å². The van der Waals surface area contributed by atoms with E-state index in [1.807, 2.05) is 6.07 Å². The Morgan fingerprint density at radius 1 is 1.13 bits per heavy atom. The molecule has 0 spiro atoms. The Hall–Kier alpha value is -1.82. The third-order valence-corrected chi connectivity index (χ3v) is 4.19. The molecule has 1 aromatic heterocycles. The summed E-state index contributed by atoms with van der Waals surface area (Å²) in [4.78, 5) is 12.4. The second-order valence-electron chi connectivity index (χ2n) is 4.75. The molecule has 23 heavy (non-hydrogen) atoms. The molecular weight excluding hydrogens is 403 g/mol. The normalized spacial score (nSPS) is 10.7. The highest BCUT2D eigenvalue weighted by atomic mass is 79.9. The van der Waals surface area contributed by atoms with Crippen molar-refractivity contribution in [2.75, 3.05) is 5.32 Å². The maximum absolute atomic E-state index is 12.4. The SMILES string of the molecule is N=c1oc2ccc(Br)cc2cc1C(=O)Nc1ccc(Cl)cc1Cl. The molecule has 7 heteroatoms. The average molecular weight is 412 g/mol. The van der Waals surface area contributed by atoms with Crippen LogP contribution in [0, 0.1) is 5.41 Å². The van der Waals surface area contributed by atoms with Crippen molar-refractivity contribution in [3.8, 4) is 0 Å². The van der Waals surface area contributed by atoms with Crippen LogP contribution < -0.4 is 10.9 Å². The highest BCUT2D eigenvalue weighted by molar-refractivity contribution is 9.10. The van der Waals surface area contributed by atoms with Crippen molar-refractivity contribution in [3.05, 3.63) is 68.1 Å². The Labute approximate surface area is 149 Å². The van der Waals surface area contributed by atoms with Gasteiger partial charge in [-0.3, -0.25) is 10.2 Å². The minimum Gasteiger partial charge on any atom is -0.438 e. The van der Waals surface area contributed by atoms with E-state index in [1.54, 1.807) is 30.3 Å². The maximum Gasteiger partial charge on any atom is 0.261 e. The van der Waals surface area contributed by atoms with Gasteiger partial charge in [-0.2, -0.15) is 0 Å². The van der Waals surface area contributed by atoms with Crippen molar-refractivity contribution >= 4 is 61.7 Å². The highest BCUT2D eigenvalue weighted by Crippen LogP contribution is 2.26. The zero-order chi connectivity index (χ0) is 16.6. The number of rotatable bonds is 2. The van der Waals surface area contributed by atoms with Crippen molar-refractivity contribution in [2.45, 2.75) is 0 Å². The molecule has 1 amide bonds. The van der Waals surface area contributed by atoms with E-state index in [-0.39, 0.29) is 11.1 Å². The summed E-state index contributed by atoms with van der Waals surface area (Å²) in [6, 6.07) is 11.7. The quantitative estimate of drug-likeness (QED) is 0.605. The minimum atomic E-state index is -0.482. The van der Waals surface area contributed by atoms with E-state index in [4.69, 9.17) is 33.0 Å². The number of hydrogen-bond donors (Lipinski definition) is 2. The average Bonchev–Trinajstić information content (AvgIpc) is 2.49. The molecule has 0 saturated carbocycles. The van der Waals surface area contributed by atoms with Gasteiger partial charge < -0.3 is 9.73 Å². The Morgan fingerprint density at radius 2 is 1.91 bits per heavy atom. The Bertz CT molecular complexity index is 985. The lowest BCUT2D eigenvalue weighted by Gasteiger charge is -2.08. The summed E-state index contributed by atoms with van der Waals surface area (Å²) < 4.78 is 6.24. The van der Waals surface area contributed by atoms with E-state index in [1.165, 1.54) is 6.07 Å². The molecule has 4 nitrogen and oxygen atoms in total. The summed E-state index contributed by atoms with van der Waals surface area (Å²) in [5.41, 5.74) is 0.832. The van der Waals surface area contributed by atoms with Crippen molar-refractivity contribution in [2.24, 2.45) is 0 Å². The molecule has 0 aliphatic heterocycles. The van der Waals surface area contributed by atoms with Crippen LogP contribution >= 0.6 is 39.1 Å². The first-order chi connectivity index (χ1) is 10.9. The van der Waals surface area contributed by atoms with Gasteiger partial charge in [-0.15, -0.1) is 0 Å². The van der Waals surface area contributed by atoms with E-state index in [9.17, 15) is 4.79 Å². The predicted molar refractivity (Wildman–Crippen MR) is 94.2 cm³/mol. The number of nitrogens with one attached hydrogen (secondary N) is 2. The lowest BCUT2D eigenvalue weighted by molar-refractivity contribution is 0.102. The fourth-order valence-electron chi connectivity index (χ4n) is 2.06. The van der Waals surface area contributed by atoms with Crippen LogP contribution in [-0.2, 0) is 0 Å². The van der Waals surface area contributed by atoms with Crippen LogP contribution in [0.15, 0.2) is 51.4 Å². The fourth-order valence-corrected chi connectivity index (χ4v) is 2.89. The number of anilines is 1. The van der Waals surface area contributed by atoms with Gasteiger partial charge in [0.1, 0.15) is 11.1 Å². The molecule has 0 aliphatic carbocycles. The van der Waals surface area contributed by atoms with Crippen LogP contribution in [0.2, 0.25) is 10.0 Å². The number of carbonyl (C=O) groups excluding carboxylic acids is 1. The molecule has 0 unspecified atom stereocenters.